The van der Waals surface area contributed by atoms with Gasteiger partial charge in [0.25, 0.3) is 0 Å². The highest BCUT2D eigenvalue weighted by molar-refractivity contribution is 5.76. The minimum Gasteiger partial charge on any atom is -0.481 e. The Bertz CT molecular complexity index is 389. The maximum absolute atomic E-state index is 14.0. The van der Waals surface area contributed by atoms with Gasteiger partial charge in [-0.3, -0.25) is 4.79 Å². The summed E-state index contributed by atoms with van der Waals surface area (Å²) >= 11 is 0. The van der Waals surface area contributed by atoms with Crippen molar-refractivity contribution in [2.24, 2.45) is 5.92 Å². The van der Waals surface area contributed by atoms with Gasteiger partial charge in [0.1, 0.15) is 0 Å². The number of hydrogen-bond donors (Lipinski definition) is 1. The molecule has 1 aliphatic rings. The number of benzene rings is 1. The summed E-state index contributed by atoms with van der Waals surface area (Å²) in [6.45, 7) is 1.80. The van der Waals surface area contributed by atoms with E-state index in [1.165, 1.54) is 0 Å². The second kappa shape index (κ2) is 2.80. The number of carboxylic acid groups (broad SMARTS) is 1. The Morgan fingerprint density at radius 3 is 2.71 bits per heavy atom. The van der Waals surface area contributed by atoms with Crippen molar-refractivity contribution in [1.29, 1.82) is 0 Å². The van der Waals surface area contributed by atoms with E-state index in [0.717, 1.165) is 5.56 Å². The highest BCUT2D eigenvalue weighted by Gasteiger charge is 2.61. The molecule has 0 spiro atoms. The van der Waals surface area contributed by atoms with Gasteiger partial charge in [0.2, 0.25) is 0 Å². The molecule has 0 saturated heterocycles. The van der Waals surface area contributed by atoms with Gasteiger partial charge in [-0.05, 0) is 18.1 Å². The van der Waals surface area contributed by atoms with Gasteiger partial charge in [0.15, 0.2) is 5.67 Å². The Morgan fingerprint density at radius 1 is 1.57 bits per heavy atom. The lowest BCUT2D eigenvalue weighted by Gasteiger charge is -2.09. The van der Waals surface area contributed by atoms with E-state index >= 15 is 0 Å². The van der Waals surface area contributed by atoms with Crippen molar-refractivity contribution < 1.29 is 14.3 Å². The maximum atomic E-state index is 14.0. The van der Waals surface area contributed by atoms with Gasteiger partial charge < -0.3 is 5.11 Å². The molecule has 0 unspecified atom stereocenters. The Morgan fingerprint density at radius 2 is 2.21 bits per heavy atom. The summed E-state index contributed by atoms with van der Waals surface area (Å²) in [7, 11) is 0. The number of carbonyl (C=O) groups is 1. The average molecular weight is 194 g/mol. The number of rotatable bonds is 2. The van der Waals surface area contributed by atoms with Crippen molar-refractivity contribution in [3.63, 3.8) is 0 Å². The molecule has 1 N–H and O–H groups in total. The third-order valence-corrected chi connectivity index (χ3v) is 2.78. The van der Waals surface area contributed by atoms with E-state index < -0.39 is 17.6 Å². The van der Waals surface area contributed by atoms with E-state index in [0.29, 0.717) is 5.56 Å². The van der Waals surface area contributed by atoms with Gasteiger partial charge >= 0.3 is 5.97 Å². The molecule has 1 saturated carbocycles. The van der Waals surface area contributed by atoms with Gasteiger partial charge in [-0.25, -0.2) is 4.39 Å². The van der Waals surface area contributed by atoms with Crippen LogP contribution < -0.4 is 0 Å². The second-order valence-corrected chi connectivity index (χ2v) is 3.77. The SMILES string of the molecule is Cc1ccccc1[C@@]1(F)C[C@@H]1C(=O)O. The molecule has 1 aromatic rings. The topological polar surface area (TPSA) is 37.3 Å². The van der Waals surface area contributed by atoms with Crippen molar-refractivity contribution in [2.75, 3.05) is 0 Å². The minimum atomic E-state index is -1.63. The minimum absolute atomic E-state index is 0.104. The van der Waals surface area contributed by atoms with Crippen LogP contribution >= 0.6 is 0 Å². The van der Waals surface area contributed by atoms with Crippen molar-refractivity contribution in [1.82, 2.24) is 0 Å². The molecular weight excluding hydrogens is 183 g/mol. The summed E-state index contributed by atoms with van der Waals surface area (Å²) in [6.07, 6.45) is 0.104. The number of hydrogen-bond acceptors (Lipinski definition) is 1. The smallest absolute Gasteiger partial charge is 0.310 e. The number of aryl methyl sites for hydroxylation is 1. The molecule has 1 aliphatic carbocycles. The summed E-state index contributed by atoms with van der Waals surface area (Å²) < 4.78 is 14.0. The summed E-state index contributed by atoms with van der Waals surface area (Å²) in [4.78, 5) is 10.6. The molecule has 0 heterocycles. The normalized spacial score (nSPS) is 30.0. The molecule has 3 heteroatoms. The Kier molecular flexibility index (Phi) is 1.84. The molecule has 0 aromatic heterocycles. The Balaban J connectivity index is 2.34. The number of halogens is 1. The monoisotopic (exact) mass is 194 g/mol. The summed E-state index contributed by atoms with van der Waals surface area (Å²) in [6, 6.07) is 7.02. The van der Waals surface area contributed by atoms with Gasteiger partial charge in [-0.2, -0.15) is 0 Å². The van der Waals surface area contributed by atoms with E-state index in [9.17, 15) is 9.18 Å². The average Bonchev–Trinajstić information content (AvgIpc) is 2.80. The fraction of sp³-hybridized carbons (Fsp3) is 0.364. The molecule has 1 fully saturated rings. The molecule has 0 aliphatic heterocycles. The van der Waals surface area contributed by atoms with Gasteiger partial charge in [0, 0.05) is 6.42 Å². The molecule has 0 radical (unpaired) electrons. The van der Waals surface area contributed by atoms with Crippen LogP contribution in [0.3, 0.4) is 0 Å². The van der Waals surface area contributed by atoms with E-state index in [-0.39, 0.29) is 6.42 Å². The van der Waals surface area contributed by atoms with Crippen LogP contribution in [0.2, 0.25) is 0 Å². The van der Waals surface area contributed by atoms with Gasteiger partial charge in [0.05, 0.1) is 5.92 Å². The fourth-order valence-corrected chi connectivity index (χ4v) is 1.86. The van der Waals surface area contributed by atoms with Crippen LogP contribution in [0.4, 0.5) is 4.39 Å². The lowest BCUT2D eigenvalue weighted by molar-refractivity contribution is -0.139. The second-order valence-electron chi connectivity index (χ2n) is 3.77. The van der Waals surface area contributed by atoms with Crippen LogP contribution in [0.5, 0.6) is 0 Å². The molecule has 2 rings (SSSR count). The number of aliphatic carboxylic acids is 1. The zero-order valence-corrected chi connectivity index (χ0v) is 7.83. The molecule has 0 bridgehead atoms. The van der Waals surface area contributed by atoms with Gasteiger partial charge in [-0.15, -0.1) is 0 Å². The summed E-state index contributed by atoms with van der Waals surface area (Å²) in [5, 5.41) is 8.70. The highest BCUT2D eigenvalue weighted by atomic mass is 19.1. The van der Waals surface area contributed by atoms with E-state index in [2.05, 4.69) is 0 Å². The van der Waals surface area contributed by atoms with Crippen molar-refractivity contribution in [3.05, 3.63) is 35.4 Å². The predicted octanol–water partition coefficient (Wildman–Crippen LogP) is 2.26. The van der Waals surface area contributed by atoms with Crippen molar-refractivity contribution in [3.8, 4) is 0 Å². The first-order valence-corrected chi connectivity index (χ1v) is 4.53. The largest absolute Gasteiger partial charge is 0.481 e. The zero-order valence-electron chi connectivity index (χ0n) is 7.83. The third kappa shape index (κ3) is 1.20. The molecule has 2 atom stereocenters. The van der Waals surface area contributed by atoms with Crippen molar-refractivity contribution >= 4 is 5.97 Å². The first kappa shape index (κ1) is 9.19. The standard InChI is InChI=1S/C11H11FO2/c1-7-4-2-3-5-8(7)11(12)6-9(11)10(13)14/h2-5,9H,6H2,1H3,(H,13,14)/t9-,11+/m1/s1. The lowest BCUT2D eigenvalue weighted by Crippen LogP contribution is -2.10. The molecule has 74 valence electrons. The zero-order chi connectivity index (χ0) is 10.3. The fourth-order valence-electron chi connectivity index (χ4n) is 1.86. The molecular formula is C11H11FO2. The quantitative estimate of drug-likeness (QED) is 0.784. The molecule has 2 nitrogen and oxygen atoms in total. The Hall–Kier alpha value is -1.38. The van der Waals surface area contributed by atoms with Crippen LogP contribution in [-0.2, 0) is 10.5 Å². The maximum Gasteiger partial charge on any atom is 0.310 e. The van der Waals surface area contributed by atoms with Crippen LogP contribution in [0, 0.1) is 12.8 Å². The van der Waals surface area contributed by atoms with E-state index in [4.69, 9.17) is 5.11 Å². The van der Waals surface area contributed by atoms with Crippen LogP contribution in [0.1, 0.15) is 17.5 Å². The van der Waals surface area contributed by atoms with Crippen LogP contribution in [-0.4, -0.2) is 11.1 Å². The number of alkyl halides is 1. The van der Waals surface area contributed by atoms with Crippen molar-refractivity contribution in [2.45, 2.75) is 19.0 Å². The van der Waals surface area contributed by atoms with E-state index in [1.54, 1.807) is 25.1 Å². The molecule has 0 amide bonds. The first-order valence-electron chi connectivity index (χ1n) is 4.53. The van der Waals surface area contributed by atoms with E-state index in [1.807, 2.05) is 6.07 Å². The number of carboxylic acids is 1. The molecule has 14 heavy (non-hydrogen) atoms. The predicted molar refractivity (Wildman–Crippen MR) is 49.7 cm³/mol. The Labute approximate surface area is 81.4 Å². The van der Waals surface area contributed by atoms with Crippen LogP contribution in [0.25, 0.3) is 0 Å². The van der Waals surface area contributed by atoms with Gasteiger partial charge in [-0.1, -0.05) is 24.3 Å². The molecule has 1 aromatic carbocycles. The summed E-state index contributed by atoms with van der Waals surface area (Å²) in [5.41, 5.74) is -0.289. The lowest BCUT2D eigenvalue weighted by atomic mass is 10.0. The highest BCUT2D eigenvalue weighted by Crippen LogP contribution is 2.56. The third-order valence-electron chi connectivity index (χ3n) is 2.78. The van der Waals surface area contributed by atoms with Crippen LogP contribution in [0.15, 0.2) is 24.3 Å². The summed E-state index contributed by atoms with van der Waals surface area (Å²) in [5.74, 6) is -1.90. The first-order chi connectivity index (χ1) is 6.55.